The van der Waals surface area contributed by atoms with Crippen LogP contribution in [0, 0.1) is 0 Å². The smallest absolute Gasteiger partial charge is 0.326 e. The molecule has 4 aromatic rings. The Morgan fingerprint density at radius 1 is 1.33 bits per heavy atom. The average molecular weight is 469 g/mol. The number of nitrogens with zero attached hydrogens (tertiary/aromatic N) is 5. The highest BCUT2D eigenvalue weighted by Gasteiger charge is 2.21. The summed E-state index contributed by atoms with van der Waals surface area (Å²) >= 11 is 3.47. The van der Waals surface area contributed by atoms with Gasteiger partial charge in [0.2, 0.25) is 11.8 Å². The number of halogens is 1. The summed E-state index contributed by atoms with van der Waals surface area (Å²) in [6.07, 6.45) is 5.26. The first-order valence-corrected chi connectivity index (χ1v) is 10.2. The molecular formula is C19H17BrN8O2. The molecule has 4 N–H and O–H groups in total. The van der Waals surface area contributed by atoms with Crippen LogP contribution >= 0.6 is 15.9 Å². The molecule has 0 amide bonds. The number of fused-ring (bicyclic) bond motifs is 1. The topological polar surface area (TPSA) is 136 Å². The Morgan fingerprint density at radius 3 is 2.93 bits per heavy atom. The summed E-state index contributed by atoms with van der Waals surface area (Å²) in [7, 11) is 0. The van der Waals surface area contributed by atoms with Crippen LogP contribution in [-0.2, 0) is 6.54 Å². The zero-order chi connectivity index (χ0) is 20.7. The molecule has 3 heterocycles. The molecule has 0 radical (unpaired) electrons. The van der Waals surface area contributed by atoms with E-state index in [0.717, 1.165) is 22.9 Å². The fourth-order valence-electron chi connectivity index (χ4n) is 2.99. The predicted molar refractivity (Wildman–Crippen MR) is 113 cm³/mol. The fraction of sp³-hybridized carbons (Fsp3) is 0.211. The summed E-state index contributed by atoms with van der Waals surface area (Å²) < 4.78 is 2.56. The molecule has 0 unspecified atom stereocenters. The number of rotatable bonds is 5. The molecule has 0 atom stereocenters. The van der Waals surface area contributed by atoms with Crippen LogP contribution in [0.5, 0.6) is 5.88 Å². The van der Waals surface area contributed by atoms with Crippen LogP contribution in [0.25, 0.3) is 11.7 Å². The van der Waals surface area contributed by atoms with Crippen LogP contribution in [0.4, 0.5) is 5.95 Å². The standard InChI is InChI=1S/C19H17BrN8O2/c20-12-3-1-2-10(6-12)8-21-17-25-15-11(7-14-16(29)26-19(30)24-14)9-22-28(15)18(27-17)23-13-4-5-13/h1-3,6-7,9,13,29H,4-5,8H2,(H,21,23,27)(H2,24,26,30)/b11-7+. The maximum absolute atomic E-state index is 11.4. The van der Waals surface area contributed by atoms with Gasteiger partial charge in [-0.05, 0) is 36.6 Å². The quantitative estimate of drug-likeness (QED) is 0.342. The molecule has 10 nitrogen and oxygen atoms in total. The Morgan fingerprint density at radius 2 is 2.20 bits per heavy atom. The molecule has 1 saturated carbocycles. The molecule has 30 heavy (non-hydrogen) atoms. The summed E-state index contributed by atoms with van der Waals surface area (Å²) in [5, 5.41) is 18.1. The van der Waals surface area contributed by atoms with E-state index >= 15 is 0 Å². The average Bonchev–Trinajstić information content (AvgIpc) is 3.35. The van der Waals surface area contributed by atoms with Crippen molar-refractivity contribution < 1.29 is 5.11 Å². The Balaban J connectivity index is 1.59. The molecular weight excluding hydrogens is 452 g/mol. The number of hydrogen-bond donors (Lipinski definition) is 4. The molecule has 0 saturated heterocycles. The number of aromatic hydroxyl groups is 1. The first-order chi connectivity index (χ1) is 14.5. The molecule has 11 heteroatoms. The highest BCUT2D eigenvalue weighted by molar-refractivity contribution is 9.10. The van der Waals surface area contributed by atoms with Crippen LogP contribution in [0.3, 0.4) is 0 Å². The van der Waals surface area contributed by atoms with Crippen molar-refractivity contribution in [2.24, 2.45) is 4.99 Å². The minimum Gasteiger partial charge on any atom is -0.493 e. The maximum Gasteiger partial charge on any atom is 0.326 e. The Labute approximate surface area is 177 Å². The van der Waals surface area contributed by atoms with E-state index in [9.17, 15) is 9.90 Å². The van der Waals surface area contributed by atoms with E-state index in [0.29, 0.717) is 29.0 Å². The van der Waals surface area contributed by atoms with Gasteiger partial charge in [0.15, 0.2) is 5.65 Å². The molecule has 3 aromatic heterocycles. The second-order valence-corrected chi connectivity index (χ2v) is 7.93. The van der Waals surface area contributed by atoms with E-state index in [-0.39, 0.29) is 17.6 Å². The maximum atomic E-state index is 11.4. The Hall–Kier alpha value is -3.47. The van der Waals surface area contributed by atoms with Crippen molar-refractivity contribution in [3.63, 3.8) is 0 Å². The molecule has 1 aromatic carbocycles. The van der Waals surface area contributed by atoms with Crippen molar-refractivity contribution in [3.8, 4) is 5.88 Å². The highest BCUT2D eigenvalue weighted by Crippen LogP contribution is 2.22. The van der Waals surface area contributed by atoms with E-state index in [4.69, 9.17) is 0 Å². The van der Waals surface area contributed by atoms with Gasteiger partial charge < -0.3 is 15.4 Å². The van der Waals surface area contributed by atoms with Crippen LogP contribution in [0.1, 0.15) is 24.1 Å². The monoisotopic (exact) mass is 468 g/mol. The van der Waals surface area contributed by atoms with Crippen LogP contribution < -0.4 is 21.8 Å². The normalized spacial score (nSPS) is 15.2. The molecule has 1 aliphatic carbocycles. The van der Waals surface area contributed by atoms with Gasteiger partial charge in [-0.1, -0.05) is 28.1 Å². The number of H-pyrrole nitrogens is 2. The molecule has 0 aliphatic heterocycles. The van der Waals surface area contributed by atoms with Gasteiger partial charge in [0.25, 0.3) is 5.62 Å². The van der Waals surface area contributed by atoms with Gasteiger partial charge >= 0.3 is 5.69 Å². The Bertz CT molecular complexity index is 1420. The third-order valence-electron chi connectivity index (χ3n) is 4.60. The van der Waals surface area contributed by atoms with Crippen LogP contribution in [-0.4, -0.2) is 40.7 Å². The SMILES string of the molecule is O=c1[nH]c(O)c(/C=c2\cnn3c(=NC4CC4)nc(NCc4cccc(Br)c4)nc23)[nH]1. The van der Waals surface area contributed by atoms with Crippen molar-refractivity contribution in [1.82, 2.24) is 29.5 Å². The van der Waals surface area contributed by atoms with Crippen LogP contribution in [0.15, 0.2) is 44.7 Å². The van der Waals surface area contributed by atoms with Gasteiger partial charge in [-0.2, -0.15) is 19.6 Å². The van der Waals surface area contributed by atoms with Crippen molar-refractivity contribution >= 4 is 33.6 Å². The number of aromatic nitrogens is 6. The minimum absolute atomic E-state index is 0.246. The lowest BCUT2D eigenvalue weighted by Crippen LogP contribution is -2.24. The summed E-state index contributed by atoms with van der Waals surface area (Å²) in [5.74, 6) is 0.174. The molecule has 0 bridgehead atoms. The van der Waals surface area contributed by atoms with Gasteiger partial charge in [0.1, 0.15) is 5.69 Å². The van der Waals surface area contributed by atoms with E-state index in [1.165, 1.54) is 0 Å². The summed E-state index contributed by atoms with van der Waals surface area (Å²) in [6.45, 7) is 0.539. The van der Waals surface area contributed by atoms with Gasteiger partial charge in [0, 0.05) is 16.2 Å². The van der Waals surface area contributed by atoms with Gasteiger partial charge in [-0.3, -0.25) is 4.98 Å². The minimum atomic E-state index is -0.495. The number of aromatic amines is 2. The molecule has 5 rings (SSSR count). The first-order valence-electron chi connectivity index (χ1n) is 9.36. The van der Waals surface area contributed by atoms with Crippen molar-refractivity contribution in [1.29, 1.82) is 0 Å². The third-order valence-corrected chi connectivity index (χ3v) is 5.09. The van der Waals surface area contributed by atoms with E-state index in [1.807, 2.05) is 24.3 Å². The zero-order valence-electron chi connectivity index (χ0n) is 15.6. The summed E-state index contributed by atoms with van der Waals surface area (Å²) in [4.78, 5) is 30.0. The van der Waals surface area contributed by atoms with E-state index < -0.39 is 5.69 Å². The largest absolute Gasteiger partial charge is 0.493 e. The van der Waals surface area contributed by atoms with E-state index in [1.54, 1.807) is 16.8 Å². The second kappa shape index (κ2) is 7.41. The molecule has 1 aliphatic rings. The van der Waals surface area contributed by atoms with E-state index in [2.05, 4.69) is 51.3 Å². The van der Waals surface area contributed by atoms with Crippen molar-refractivity contribution in [3.05, 3.63) is 67.5 Å². The second-order valence-electron chi connectivity index (χ2n) is 7.01. The molecule has 152 valence electrons. The summed E-state index contributed by atoms with van der Waals surface area (Å²) in [6, 6.07) is 8.21. The number of anilines is 1. The predicted octanol–water partition coefficient (Wildman–Crippen LogP) is 0.832. The molecule has 1 fully saturated rings. The fourth-order valence-corrected chi connectivity index (χ4v) is 3.43. The lowest BCUT2D eigenvalue weighted by atomic mass is 10.2. The lowest BCUT2D eigenvalue weighted by molar-refractivity contribution is 0.454. The zero-order valence-corrected chi connectivity index (χ0v) is 17.2. The highest BCUT2D eigenvalue weighted by atomic mass is 79.9. The van der Waals surface area contributed by atoms with Gasteiger partial charge in [-0.15, -0.1) is 0 Å². The number of benzene rings is 1. The summed E-state index contributed by atoms with van der Waals surface area (Å²) in [5.41, 5.74) is 1.81. The number of hydrogen-bond acceptors (Lipinski definition) is 7. The van der Waals surface area contributed by atoms with Gasteiger partial charge in [0.05, 0.1) is 12.2 Å². The van der Waals surface area contributed by atoms with Crippen molar-refractivity contribution in [2.45, 2.75) is 25.4 Å². The van der Waals surface area contributed by atoms with Crippen LogP contribution in [0.2, 0.25) is 0 Å². The Kier molecular flexibility index (Phi) is 4.58. The number of nitrogens with one attached hydrogen (secondary N) is 3. The molecule has 0 spiro atoms. The van der Waals surface area contributed by atoms with Crippen molar-refractivity contribution in [2.75, 3.05) is 5.32 Å². The number of imidazole rings is 1. The third kappa shape index (κ3) is 3.83. The van der Waals surface area contributed by atoms with Gasteiger partial charge in [-0.25, -0.2) is 9.79 Å². The lowest BCUT2D eigenvalue weighted by Gasteiger charge is -2.06. The first kappa shape index (κ1) is 18.6.